The Kier molecular flexibility index (Phi) is 6.10. The van der Waals surface area contributed by atoms with Crippen LogP contribution in [0.3, 0.4) is 0 Å². The first-order valence-electron chi connectivity index (χ1n) is 7.40. The molecular formula is C18H22O3. The van der Waals surface area contributed by atoms with Crippen LogP contribution >= 0.6 is 0 Å². The van der Waals surface area contributed by atoms with E-state index in [1.165, 1.54) is 0 Å². The zero-order valence-corrected chi connectivity index (χ0v) is 12.1. The van der Waals surface area contributed by atoms with Gasteiger partial charge in [0, 0.05) is 0 Å². The van der Waals surface area contributed by atoms with Gasteiger partial charge in [0.2, 0.25) is 0 Å². The summed E-state index contributed by atoms with van der Waals surface area (Å²) in [4.78, 5) is 0. The molecule has 2 aromatic carbocycles. The van der Waals surface area contributed by atoms with Gasteiger partial charge in [-0.2, -0.15) is 0 Å². The Balaban J connectivity index is 1.59. The highest BCUT2D eigenvalue weighted by atomic mass is 16.5. The lowest BCUT2D eigenvalue weighted by Gasteiger charge is -2.11. The number of rotatable bonds is 8. The zero-order valence-electron chi connectivity index (χ0n) is 12.1. The van der Waals surface area contributed by atoms with Gasteiger partial charge in [-0.15, -0.1) is 0 Å². The molecule has 1 unspecified atom stereocenters. The largest absolute Gasteiger partial charge is 0.508 e. The van der Waals surface area contributed by atoms with Gasteiger partial charge in [-0.3, -0.25) is 0 Å². The third-order valence-corrected chi connectivity index (χ3v) is 3.39. The Morgan fingerprint density at radius 1 is 0.905 bits per heavy atom. The molecule has 1 atom stereocenters. The molecule has 21 heavy (non-hydrogen) atoms. The summed E-state index contributed by atoms with van der Waals surface area (Å²) in [6.45, 7) is 0.701. The molecule has 0 amide bonds. The third kappa shape index (κ3) is 5.48. The van der Waals surface area contributed by atoms with Crippen LogP contribution in [0.25, 0.3) is 0 Å². The lowest BCUT2D eigenvalue weighted by atomic mass is 10.0. The highest BCUT2D eigenvalue weighted by molar-refractivity contribution is 5.28. The Labute approximate surface area is 125 Å². The fraction of sp³-hybridized carbons (Fsp3) is 0.333. The second-order valence-electron chi connectivity index (χ2n) is 5.12. The molecule has 3 nitrogen and oxygen atoms in total. The molecule has 0 radical (unpaired) electrons. The monoisotopic (exact) mass is 286 g/mol. The number of hydrogen-bond acceptors (Lipinski definition) is 3. The van der Waals surface area contributed by atoms with Crippen molar-refractivity contribution in [2.45, 2.75) is 31.8 Å². The first-order chi connectivity index (χ1) is 10.3. The van der Waals surface area contributed by atoms with Crippen molar-refractivity contribution in [3.63, 3.8) is 0 Å². The first-order valence-corrected chi connectivity index (χ1v) is 7.40. The van der Waals surface area contributed by atoms with E-state index in [0.29, 0.717) is 13.0 Å². The molecule has 0 bridgehead atoms. The Morgan fingerprint density at radius 3 is 2.48 bits per heavy atom. The summed E-state index contributed by atoms with van der Waals surface area (Å²) in [7, 11) is 0. The number of phenolic OH excluding ortho intramolecular Hbond substituents is 1. The maximum absolute atomic E-state index is 10.0. The topological polar surface area (TPSA) is 49.7 Å². The molecule has 0 aromatic heterocycles. The van der Waals surface area contributed by atoms with Crippen molar-refractivity contribution < 1.29 is 14.9 Å². The van der Waals surface area contributed by atoms with Crippen LogP contribution in [0.2, 0.25) is 0 Å². The van der Waals surface area contributed by atoms with Crippen LogP contribution in [0.4, 0.5) is 0 Å². The minimum absolute atomic E-state index is 0.197. The van der Waals surface area contributed by atoms with E-state index in [1.54, 1.807) is 18.2 Å². The van der Waals surface area contributed by atoms with Crippen molar-refractivity contribution in [1.82, 2.24) is 0 Å². The highest BCUT2D eigenvalue weighted by Gasteiger charge is 2.07. The summed E-state index contributed by atoms with van der Waals surface area (Å²) in [5.41, 5.74) is 0.774. The zero-order chi connectivity index (χ0) is 14.9. The molecule has 0 saturated heterocycles. The summed E-state index contributed by atoms with van der Waals surface area (Å²) in [6, 6.07) is 16.6. The average molecular weight is 286 g/mol. The summed E-state index contributed by atoms with van der Waals surface area (Å²) in [5.74, 6) is 1.10. The van der Waals surface area contributed by atoms with Crippen LogP contribution in [0.1, 0.15) is 37.4 Å². The second-order valence-corrected chi connectivity index (χ2v) is 5.12. The molecule has 0 saturated carbocycles. The Hall–Kier alpha value is -2.00. The van der Waals surface area contributed by atoms with Crippen LogP contribution < -0.4 is 4.74 Å². The summed E-state index contributed by atoms with van der Waals surface area (Å²) < 4.78 is 5.62. The summed E-state index contributed by atoms with van der Waals surface area (Å²) in [6.07, 6.45) is 3.13. The van der Waals surface area contributed by atoms with E-state index in [0.717, 1.165) is 30.6 Å². The van der Waals surface area contributed by atoms with Gasteiger partial charge in [0.1, 0.15) is 11.5 Å². The number of benzene rings is 2. The van der Waals surface area contributed by atoms with E-state index >= 15 is 0 Å². The fourth-order valence-electron chi connectivity index (χ4n) is 2.22. The highest BCUT2D eigenvalue weighted by Crippen LogP contribution is 2.22. The third-order valence-electron chi connectivity index (χ3n) is 3.39. The minimum atomic E-state index is -0.507. The maximum atomic E-state index is 10.0. The van der Waals surface area contributed by atoms with Crippen molar-refractivity contribution >= 4 is 0 Å². The number of aliphatic hydroxyl groups excluding tert-OH is 1. The molecule has 3 heteroatoms. The maximum Gasteiger partial charge on any atom is 0.119 e. The molecular weight excluding hydrogens is 264 g/mol. The molecule has 0 spiro atoms. The van der Waals surface area contributed by atoms with Crippen LogP contribution in [0.5, 0.6) is 11.5 Å². The van der Waals surface area contributed by atoms with Gasteiger partial charge in [0.25, 0.3) is 0 Å². The van der Waals surface area contributed by atoms with Gasteiger partial charge in [-0.05, 0) is 49.1 Å². The predicted octanol–water partition coefficient (Wildman–Crippen LogP) is 4.07. The van der Waals surface area contributed by atoms with Crippen molar-refractivity contribution in [1.29, 1.82) is 0 Å². The smallest absolute Gasteiger partial charge is 0.119 e. The molecule has 0 fully saturated rings. The second kappa shape index (κ2) is 8.32. The van der Waals surface area contributed by atoms with E-state index in [1.807, 2.05) is 36.4 Å². The van der Waals surface area contributed by atoms with Gasteiger partial charge in [-0.1, -0.05) is 36.8 Å². The van der Waals surface area contributed by atoms with E-state index in [4.69, 9.17) is 4.74 Å². The van der Waals surface area contributed by atoms with Crippen LogP contribution in [0.15, 0.2) is 54.6 Å². The van der Waals surface area contributed by atoms with E-state index in [2.05, 4.69) is 0 Å². The van der Waals surface area contributed by atoms with Crippen LogP contribution in [0, 0.1) is 0 Å². The number of aromatic hydroxyl groups is 1. The van der Waals surface area contributed by atoms with Gasteiger partial charge in [0.15, 0.2) is 0 Å². The van der Waals surface area contributed by atoms with Gasteiger partial charge < -0.3 is 14.9 Å². The van der Waals surface area contributed by atoms with Crippen molar-refractivity contribution in [2.24, 2.45) is 0 Å². The van der Waals surface area contributed by atoms with Crippen molar-refractivity contribution in [2.75, 3.05) is 6.61 Å². The van der Waals surface area contributed by atoms with E-state index < -0.39 is 6.10 Å². The standard InChI is InChI=1S/C18H22O3/c19-16-9-7-8-15(14-16)18(20)12-5-2-6-13-21-17-10-3-1-4-11-17/h1,3-4,7-11,14,18-20H,2,5-6,12-13H2. The van der Waals surface area contributed by atoms with E-state index in [-0.39, 0.29) is 5.75 Å². The number of hydrogen-bond donors (Lipinski definition) is 2. The lowest BCUT2D eigenvalue weighted by molar-refractivity contribution is 0.162. The fourth-order valence-corrected chi connectivity index (χ4v) is 2.22. The van der Waals surface area contributed by atoms with Crippen LogP contribution in [-0.2, 0) is 0 Å². The summed E-state index contributed by atoms with van der Waals surface area (Å²) >= 11 is 0. The molecule has 2 N–H and O–H groups in total. The van der Waals surface area contributed by atoms with Crippen LogP contribution in [-0.4, -0.2) is 16.8 Å². The molecule has 2 rings (SSSR count). The number of aliphatic hydroxyl groups is 1. The van der Waals surface area contributed by atoms with Crippen molar-refractivity contribution in [3.8, 4) is 11.5 Å². The quantitative estimate of drug-likeness (QED) is 0.719. The first kappa shape index (κ1) is 15.4. The molecule has 0 heterocycles. The average Bonchev–Trinajstić information content (AvgIpc) is 2.51. The minimum Gasteiger partial charge on any atom is -0.508 e. The Bertz CT molecular complexity index is 525. The van der Waals surface area contributed by atoms with E-state index in [9.17, 15) is 10.2 Å². The number of phenols is 1. The lowest BCUT2D eigenvalue weighted by Crippen LogP contribution is -1.99. The predicted molar refractivity (Wildman–Crippen MR) is 83.5 cm³/mol. The molecule has 0 aliphatic carbocycles. The molecule has 2 aromatic rings. The van der Waals surface area contributed by atoms with Gasteiger partial charge in [0.05, 0.1) is 12.7 Å². The number of unbranched alkanes of at least 4 members (excludes halogenated alkanes) is 2. The molecule has 0 aliphatic rings. The molecule has 0 aliphatic heterocycles. The number of para-hydroxylation sites is 1. The van der Waals surface area contributed by atoms with Gasteiger partial charge in [-0.25, -0.2) is 0 Å². The number of ether oxygens (including phenoxy) is 1. The molecule has 112 valence electrons. The SMILES string of the molecule is Oc1cccc(C(O)CCCCCOc2ccccc2)c1. The van der Waals surface area contributed by atoms with Gasteiger partial charge >= 0.3 is 0 Å². The Morgan fingerprint density at radius 2 is 1.71 bits per heavy atom. The summed E-state index contributed by atoms with van der Waals surface area (Å²) in [5, 5.41) is 19.4. The van der Waals surface area contributed by atoms with Crippen molar-refractivity contribution in [3.05, 3.63) is 60.2 Å². The normalized spacial score (nSPS) is 12.0.